The van der Waals surface area contributed by atoms with Crippen LogP contribution in [0.3, 0.4) is 0 Å². The zero-order valence-corrected chi connectivity index (χ0v) is 15.0. The summed E-state index contributed by atoms with van der Waals surface area (Å²) < 4.78 is 5.03. The Bertz CT molecular complexity index is 750. The van der Waals surface area contributed by atoms with Crippen LogP contribution in [0.2, 0.25) is 5.02 Å². The van der Waals surface area contributed by atoms with Gasteiger partial charge in [0.1, 0.15) is 5.00 Å². The minimum absolute atomic E-state index is 0.292. The Kier molecular flexibility index (Phi) is 6.58. The van der Waals surface area contributed by atoms with Crippen molar-refractivity contribution in [3.05, 3.63) is 57.4 Å². The Morgan fingerprint density at radius 2 is 1.96 bits per heavy atom. The highest BCUT2D eigenvalue weighted by molar-refractivity contribution is 7.16. The first kappa shape index (κ1) is 18.2. The maximum Gasteiger partial charge on any atom is 0.341 e. The van der Waals surface area contributed by atoms with E-state index in [2.05, 4.69) is 5.32 Å². The van der Waals surface area contributed by atoms with Crippen LogP contribution in [-0.2, 0) is 16.0 Å². The Balaban J connectivity index is 2.11. The number of hydrogen-bond acceptors (Lipinski definition) is 4. The van der Waals surface area contributed by atoms with Crippen LogP contribution in [0.1, 0.15) is 34.6 Å². The van der Waals surface area contributed by atoms with Crippen LogP contribution in [0.25, 0.3) is 6.08 Å². The summed E-state index contributed by atoms with van der Waals surface area (Å²) >= 11 is 7.21. The zero-order valence-electron chi connectivity index (χ0n) is 13.5. The van der Waals surface area contributed by atoms with Gasteiger partial charge >= 0.3 is 5.97 Å². The van der Waals surface area contributed by atoms with Gasteiger partial charge in [0.25, 0.3) is 0 Å². The molecule has 0 radical (unpaired) electrons. The molecular weight excluding hydrogens is 346 g/mol. The predicted molar refractivity (Wildman–Crippen MR) is 98.8 cm³/mol. The summed E-state index contributed by atoms with van der Waals surface area (Å²) in [4.78, 5) is 25.1. The van der Waals surface area contributed by atoms with Crippen molar-refractivity contribution >= 4 is 45.9 Å². The number of carbonyl (C=O) groups excluding carboxylic acids is 2. The minimum atomic E-state index is -0.426. The molecule has 4 nitrogen and oxygen atoms in total. The number of anilines is 1. The normalized spacial score (nSPS) is 10.8. The number of halogens is 1. The fourth-order valence-corrected chi connectivity index (χ4v) is 3.08. The number of rotatable bonds is 6. The molecule has 126 valence electrons. The second kappa shape index (κ2) is 8.66. The zero-order chi connectivity index (χ0) is 17.5. The van der Waals surface area contributed by atoms with Gasteiger partial charge < -0.3 is 10.1 Å². The number of nitrogens with one attached hydrogen (secondary N) is 1. The molecule has 1 heterocycles. The molecule has 0 atom stereocenters. The minimum Gasteiger partial charge on any atom is -0.462 e. The predicted octanol–water partition coefficient (Wildman–Crippen LogP) is 4.79. The second-order valence-electron chi connectivity index (χ2n) is 4.90. The largest absolute Gasteiger partial charge is 0.462 e. The highest BCUT2D eigenvalue weighted by Crippen LogP contribution is 2.29. The van der Waals surface area contributed by atoms with Crippen LogP contribution in [0, 0.1) is 0 Å². The molecule has 1 aromatic carbocycles. The molecule has 0 saturated heterocycles. The van der Waals surface area contributed by atoms with Crippen molar-refractivity contribution in [2.45, 2.75) is 20.3 Å². The summed E-state index contributed by atoms with van der Waals surface area (Å²) in [6.07, 6.45) is 3.89. The van der Waals surface area contributed by atoms with E-state index in [1.807, 2.05) is 19.1 Å². The van der Waals surface area contributed by atoms with Gasteiger partial charge in [0.2, 0.25) is 5.91 Å². The van der Waals surface area contributed by atoms with Gasteiger partial charge in [0, 0.05) is 16.0 Å². The monoisotopic (exact) mass is 363 g/mol. The average Bonchev–Trinajstić information content (AvgIpc) is 2.97. The molecule has 2 rings (SSSR count). The van der Waals surface area contributed by atoms with Crippen LogP contribution in [-0.4, -0.2) is 18.5 Å². The molecule has 0 saturated carbocycles. The molecule has 1 aromatic heterocycles. The second-order valence-corrected chi connectivity index (χ2v) is 6.48. The van der Waals surface area contributed by atoms with Crippen molar-refractivity contribution in [3.63, 3.8) is 0 Å². The smallest absolute Gasteiger partial charge is 0.341 e. The van der Waals surface area contributed by atoms with Crippen molar-refractivity contribution in [1.29, 1.82) is 0 Å². The van der Waals surface area contributed by atoms with Crippen molar-refractivity contribution in [2.24, 2.45) is 0 Å². The van der Waals surface area contributed by atoms with Crippen LogP contribution in [0.15, 0.2) is 36.4 Å². The lowest BCUT2D eigenvalue weighted by Crippen LogP contribution is -2.11. The average molecular weight is 364 g/mol. The number of hydrogen-bond donors (Lipinski definition) is 1. The van der Waals surface area contributed by atoms with Gasteiger partial charge in [-0.2, -0.15) is 0 Å². The van der Waals surface area contributed by atoms with E-state index in [1.54, 1.807) is 31.2 Å². The van der Waals surface area contributed by atoms with E-state index < -0.39 is 5.97 Å². The summed E-state index contributed by atoms with van der Waals surface area (Å²) in [5.41, 5.74) is 1.26. The van der Waals surface area contributed by atoms with Gasteiger partial charge in [-0.3, -0.25) is 4.79 Å². The van der Waals surface area contributed by atoms with E-state index in [1.165, 1.54) is 17.4 Å². The van der Waals surface area contributed by atoms with Crippen LogP contribution >= 0.6 is 22.9 Å². The van der Waals surface area contributed by atoms with E-state index in [4.69, 9.17) is 16.3 Å². The van der Waals surface area contributed by atoms with Crippen LogP contribution in [0.5, 0.6) is 0 Å². The number of thiophene rings is 1. The van der Waals surface area contributed by atoms with Gasteiger partial charge in [-0.25, -0.2) is 4.79 Å². The molecule has 0 bridgehead atoms. The number of ether oxygens (including phenoxy) is 1. The molecular formula is C18H18ClNO3S. The lowest BCUT2D eigenvalue weighted by molar-refractivity contribution is -0.111. The van der Waals surface area contributed by atoms with Gasteiger partial charge in [-0.15, -0.1) is 11.3 Å². The van der Waals surface area contributed by atoms with E-state index >= 15 is 0 Å². The molecule has 1 N–H and O–H groups in total. The van der Waals surface area contributed by atoms with Gasteiger partial charge in [0.05, 0.1) is 12.2 Å². The highest BCUT2D eigenvalue weighted by Gasteiger charge is 2.17. The number of carbonyl (C=O) groups is 2. The molecule has 0 fully saturated rings. The molecule has 6 heteroatoms. The summed E-state index contributed by atoms with van der Waals surface area (Å²) in [7, 11) is 0. The maximum atomic E-state index is 12.1. The first-order chi connectivity index (χ1) is 11.5. The van der Waals surface area contributed by atoms with Crippen molar-refractivity contribution in [1.82, 2.24) is 0 Å². The first-order valence-electron chi connectivity index (χ1n) is 7.58. The van der Waals surface area contributed by atoms with Crippen molar-refractivity contribution < 1.29 is 14.3 Å². The molecule has 1 amide bonds. The Morgan fingerprint density at radius 3 is 2.58 bits per heavy atom. The fraction of sp³-hybridized carbons (Fsp3) is 0.222. The van der Waals surface area contributed by atoms with Gasteiger partial charge in [0.15, 0.2) is 0 Å². The molecule has 0 spiro atoms. The Hall–Kier alpha value is -2.11. The van der Waals surface area contributed by atoms with E-state index in [-0.39, 0.29) is 5.91 Å². The highest BCUT2D eigenvalue weighted by atomic mass is 35.5. The molecule has 24 heavy (non-hydrogen) atoms. The summed E-state index contributed by atoms with van der Waals surface area (Å²) in [5.74, 6) is -0.731. The summed E-state index contributed by atoms with van der Waals surface area (Å²) in [5, 5.41) is 3.90. The van der Waals surface area contributed by atoms with E-state index in [9.17, 15) is 9.59 Å². The number of amides is 1. The van der Waals surface area contributed by atoms with Crippen molar-refractivity contribution in [2.75, 3.05) is 11.9 Å². The lowest BCUT2D eigenvalue weighted by Gasteiger charge is -2.03. The van der Waals surface area contributed by atoms with Gasteiger partial charge in [-0.05, 0) is 43.2 Å². The van der Waals surface area contributed by atoms with Crippen molar-refractivity contribution in [3.8, 4) is 0 Å². The summed E-state index contributed by atoms with van der Waals surface area (Å²) in [6.45, 7) is 4.03. The first-order valence-corrected chi connectivity index (χ1v) is 8.77. The summed E-state index contributed by atoms with van der Waals surface area (Å²) in [6, 6.07) is 8.91. The standard InChI is InChI=1S/C18H18ClNO3S/c1-3-14-11-15(18(22)23-4-2)17(24-14)20-16(21)10-7-12-5-8-13(19)9-6-12/h5-11H,3-4H2,1-2H3,(H,20,21)/b10-7+. The fourth-order valence-electron chi connectivity index (χ4n) is 1.97. The SMILES string of the molecule is CCOC(=O)c1cc(CC)sc1NC(=O)/C=C/c1ccc(Cl)cc1. The lowest BCUT2D eigenvalue weighted by atomic mass is 10.2. The third-order valence-electron chi connectivity index (χ3n) is 3.16. The van der Waals surface area contributed by atoms with Crippen LogP contribution < -0.4 is 5.32 Å². The Morgan fingerprint density at radius 1 is 1.25 bits per heavy atom. The topological polar surface area (TPSA) is 55.4 Å². The van der Waals surface area contributed by atoms with Crippen LogP contribution in [0.4, 0.5) is 5.00 Å². The maximum absolute atomic E-state index is 12.1. The van der Waals surface area contributed by atoms with E-state index in [0.717, 1.165) is 16.9 Å². The van der Waals surface area contributed by atoms with Gasteiger partial charge in [-0.1, -0.05) is 30.7 Å². The molecule has 0 aliphatic carbocycles. The molecule has 0 aliphatic heterocycles. The quantitative estimate of drug-likeness (QED) is 0.592. The third-order valence-corrected chi connectivity index (χ3v) is 4.61. The molecule has 2 aromatic rings. The number of aryl methyl sites for hydroxylation is 1. The molecule has 0 unspecified atom stereocenters. The number of esters is 1. The Labute approximate surface area is 150 Å². The van der Waals surface area contributed by atoms with E-state index in [0.29, 0.717) is 22.2 Å². The number of benzene rings is 1. The third kappa shape index (κ3) is 4.94. The molecule has 0 aliphatic rings.